The van der Waals surface area contributed by atoms with Crippen molar-refractivity contribution in [2.75, 3.05) is 41.5 Å². The van der Waals surface area contributed by atoms with E-state index in [0.29, 0.717) is 20.2 Å². The van der Waals surface area contributed by atoms with Gasteiger partial charge in [-0.3, -0.25) is 0 Å². The number of nitrogens with zero attached hydrogens (tertiary/aromatic N) is 1. The molecule has 0 rings (SSSR count). The van der Waals surface area contributed by atoms with Gasteiger partial charge in [-0.05, 0) is 20.8 Å². The second kappa shape index (κ2) is 11.5. The van der Waals surface area contributed by atoms with Crippen LogP contribution in [0.3, 0.4) is 0 Å². The Morgan fingerprint density at radius 3 is 1.11 bits per heavy atom. The lowest BCUT2D eigenvalue weighted by Gasteiger charge is -2.25. The molecule has 7 nitrogen and oxygen atoms in total. The SMILES string of the molecule is COC(C)OCN(COC(C)OC)COC(C)OC. The lowest BCUT2D eigenvalue weighted by Crippen LogP contribution is -2.36. The van der Waals surface area contributed by atoms with Crippen molar-refractivity contribution in [3.05, 3.63) is 0 Å². The van der Waals surface area contributed by atoms with Crippen LogP contribution >= 0.6 is 0 Å². The van der Waals surface area contributed by atoms with Gasteiger partial charge in [0.1, 0.15) is 20.2 Å². The van der Waals surface area contributed by atoms with Gasteiger partial charge < -0.3 is 28.4 Å². The Bertz CT molecular complexity index is 173. The first-order valence-corrected chi connectivity index (χ1v) is 6.19. The Morgan fingerprint density at radius 1 is 0.632 bits per heavy atom. The molecule has 0 radical (unpaired) electrons. The van der Waals surface area contributed by atoms with E-state index in [1.807, 2.05) is 25.7 Å². The Balaban J connectivity index is 4.06. The van der Waals surface area contributed by atoms with E-state index in [1.54, 1.807) is 21.3 Å². The molecule has 0 heterocycles. The van der Waals surface area contributed by atoms with E-state index in [0.717, 1.165) is 0 Å². The summed E-state index contributed by atoms with van der Waals surface area (Å²) in [4.78, 5) is 1.82. The molecule has 116 valence electrons. The van der Waals surface area contributed by atoms with Gasteiger partial charge in [0, 0.05) is 21.3 Å². The fraction of sp³-hybridized carbons (Fsp3) is 1.00. The van der Waals surface area contributed by atoms with Crippen molar-refractivity contribution in [3.8, 4) is 0 Å². The van der Waals surface area contributed by atoms with Gasteiger partial charge in [-0.1, -0.05) is 0 Å². The number of ether oxygens (including phenoxy) is 6. The van der Waals surface area contributed by atoms with E-state index in [4.69, 9.17) is 28.4 Å². The molecule has 7 heteroatoms. The third kappa shape index (κ3) is 10.2. The molecule has 19 heavy (non-hydrogen) atoms. The first-order chi connectivity index (χ1) is 9.03. The molecule has 0 aromatic rings. The van der Waals surface area contributed by atoms with Crippen LogP contribution in [0.25, 0.3) is 0 Å². The van der Waals surface area contributed by atoms with E-state index in [2.05, 4.69) is 0 Å². The summed E-state index contributed by atoms with van der Waals surface area (Å²) in [5.74, 6) is 0. The summed E-state index contributed by atoms with van der Waals surface area (Å²) in [6, 6.07) is 0. The van der Waals surface area contributed by atoms with Crippen molar-refractivity contribution in [1.29, 1.82) is 0 Å². The molecule has 0 saturated heterocycles. The van der Waals surface area contributed by atoms with E-state index in [-0.39, 0.29) is 18.9 Å². The van der Waals surface area contributed by atoms with Crippen LogP contribution in [-0.4, -0.2) is 65.3 Å². The van der Waals surface area contributed by atoms with Gasteiger partial charge in [-0.2, -0.15) is 0 Å². The van der Waals surface area contributed by atoms with Gasteiger partial charge in [0.2, 0.25) is 0 Å². The zero-order chi connectivity index (χ0) is 14.7. The second-order valence-corrected chi connectivity index (χ2v) is 3.97. The lowest BCUT2D eigenvalue weighted by molar-refractivity contribution is -0.218. The van der Waals surface area contributed by atoms with Crippen molar-refractivity contribution < 1.29 is 28.4 Å². The minimum Gasteiger partial charge on any atom is -0.356 e. The zero-order valence-electron chi connectivity index (χ0n) is 12.8. The standard InChI is InChI=1S/C12H27NO6/c1-10(14-4)17-7-13(8-18-11(2)15-5)9-19-12(3)16-6/h10-12H,7-9H2,1-6H3. The van der Waals surface area contributed by atoms with E-state index in [1.165, 1.54) is 0 Å². The highest BCUT2D eigenvalue weighted by Crippen LogP contribution is 2.01. The van der Waals surface area contributed by atoms with Crippen LogP contribution in [0.5, 0.6) is 0 Å². The van der Waals surface area contributed by atoms with E-state index in [9.17, 15) is 0 Å². The summed E-state index contributed by atoms with van der Waals surface area (Å²) in [7, 11) is 4.76. The minimum atomic E-state index is -0.290. The average molecular weight is 281 g/mol. The first kappa shape index (κ1) is 18.7. The molecule has 0 aliphatic carbocycles. The van der Waals surface area contributed by atoms with Crippen molar-refractivity contribution in [3.63, 3.8) is 0 Å². The molecule has 0 saturated carbocycles. The molecule has 3 atom stereocenters. The largest absolute Gasteiger partial charge is 0.356 e. The van der Waals surface area contributed by atoms with Crippen LogP contribution in [0, 0.1) is 0 Å². The summed E-state index contributed by atoms with van der Waals surface area (Å²) in [5.41, 5.74) is 0. The topological polar surface area (TPSA) is 58.6 Å². The number of hydrogen-bond donors (Lipinski definition) is 0. The highest BCUT2D eigenvalue weighted by atomic mass is 16.7. The highest BCUT2D eigenvalue weighted by Gasteiger charge is 2.11. The molecular formula is C12H27NO6. The maximum atomic E-state index is 5.45. The average Bonchev–Trinajstić information content (AvgIpc) is 2.44. The van der Waals surface area contributed by atoms with Crippen LogP contribution in [0.4, 0.5) is 0 Å². The van der Waals surface area contributed by atoms with Gasteiger partial charge in [0.05, 0.1) is 0 Å². The van der Waals surface area contributed by atoms with Crippen LogP contribution < -0.4 is 0 Å². The normalized spacial score (nSPS) is 16.6. The molecular weight excluding hydrogens is 254 g/mol. The summed E-state index contributed by atoms with van der Waals surface area (Å²) >= 11 is 0. The lowest BCUT2D eigenvalue weighted by atomic mass is 10.7. The van der Waals surface area contributed by atoms with Crippen molar-refractivity contribution in [2.45, 2.75) is 39.6 Å². The van der Waals surface area contributed by atoms with E-state index < -0.39 is 0 Å². The number of methoxy groups -OCH3 is 3. The van der Waals surface area contributed by atoms with Gasteiger partial charge in [-0.15, -0.1) is 0 Å². The summed E-state index contributed by atoms with van der Waals surface area (Å²) in [5, 5.41) is 0. The molecule has 0 amide bonds. The highest BCUT2D eigenvalue weighted by molar-refractivity contribution is 4.42. The van der Waals surface area contributed by atoms with Gasteiger partial charge >= 0.3 is 0 Å². The smallest absolute Gasteiger partial charge is 0.156 e. The van der Waals surface area contributed by atoms with Crippen molar-refractivity contribution in [1.82, 2.24) is 4.90 Å². The van der Waals surface area contributed by atoms with Crippen molar-refractivity contribution in [2.24, 2.45) is 0 Å². The van der Waals surface area contributed by atoms with Crippen LogP contribution in [0.1, 0.15) is 20.8 Å². The molecule has 0 fully saturated rings. The Labute approximate surface area is 115 Å². The molecule has 0 spiro atoms. The summed E-state index contributed by atoms with van der Waals surface area (Å²) < 4.78 is 31.4. The molecule has 0 aliphatic heterocycles. The quantitative estimate of drug-likeness (QED) is 0.498. The molecule has 0 bridgehead atoms. The summed E-state index contributed by atoms with van der Waals surface area (Å²) in [6.07, 6.45) is -0.869. The monoisotopic (exact) mass is 281 g/mol. The zero-order valence-corrected chi connectivity index (χ0v) is 12.8. The van der Waals surface area contributed by atoms with Gasteiger partial charge in [-0.25, -0.2) is 4.90 Å². The van der Waals surface area contributed by atoms with Gasteiger partial charge in [0.15, 0.2) is 18.9 Å². The predicted molar refractivity (Wildman–Crippen MR) is 69.1 cm³/mol. The second-order valence-electron chi connectivity index (χ2n) is 3.97. The first-order valence-electron chi connectivity index (χ1n) is 6.19. The van der Waals surface area contributed by atoms with Crippen LogP contribution in [0.15, 0.2) is 0 Å². The minimum absolute atomic E-state index is 0.290. The third-order valence-corrected chi connectivity index (χ3v) is 2.47. The molecule has 3 unspecified atom stereocenters. The third-order valence-electron chi connectivity index (χ3n) is 2.47. The maximum absolute atomic E-state index is 5.45. The fourth-order valence-electron chi connectivity index (χ4n) is 0.947. The van der Waals surface area contributed by atoms with Gasteiger partial charge in [0.25, 0.3) is 0 Å². The predicted octanol–water partition coefficient (Wildman–Crippen LogP) is 1.19. The Hall–Kier alpha value is -0.280. The molecule has 0 N–H and O–H groups in total. The molecule has 0 aromatic heterocycles. The summed E-state index contributed by atoms with van der Waals surface area (Å²) in [6.45, 7) is 6.41. The Morgan fingerprint density at radius 2 is 0.895 bits per heavy atom. The maximum Gasteiger partial charge on any atom is 0.156 e. The number of hydrogen-bond acceptors (Lipinski definition) is 7. The van der Waals surface area contributed by atoms with Crippen LogP contribution in [-0.2, 0) is 28.4 Å². The molecule has 0 aliphatic rings. The Kier molecular flexibility index (Phi) is 11.4. The number of rotatable bonds is 12. The fourth-order valence-corrected chi connectivity index (χ4v) is 0.947. The van der Waals surface area contributed by atoms with Crippen molar-refractivity contribution >= 4 is 0 Å². The van der Waals surface area contributed by atoms with Crippen LogP contribution in [0.2, 0.25) is 0 Å². The van der Waals surface area contributed by atoms with E-state index >= 15 is 0 Å². The molecule has 0 aromatic carbocycles.